The smallest absolute Gasteiger partial charge is 0.257 e. The third-order valence-electron chi connectivity index (χ3n) is 2.41. The molecule has 0 radical (unpaired) electrons. The van der Waals surface area contributed by atoms with E-state index in [1.807, 2.05) is 25.1 Å². The summed E-state index contributed by atoms with van der Waals surface area (Å²) in [5.41, 5.74) is 2.36. The first-order chi connectivity index (χ1) is 8.56. The summed E-state index contributed by atoms with van der Waals surface area (Å²) in [6.45, 7) is 1.97. The van der Waals surface area contributed by atoms with Crippen molar-refractivity contribution in [3.05, 3.63) is 56.7 Å². The van der Waals surface area contributed by atoms with Crippen LogP contribution in [-0.4, -0.2) is 10.9 Å². The molecule has 1 aromatic heterocycles. The van der Waals surface area contributed by atoms with Gasteiger partial charge in [-0.05, 0) is 58.7 Å². The van der Waals surface area contributed by atoms with Gasteiger partial charge in [-0.1, -0.05) is 15.9 Å². The number of halogens is 2. The van der Waals surface area contributed by atoms with Crippen molar-refractivity contribution in [3.63, 3.8) is 0 Å². The van der Waals surface area contributed by atoms with E-state index in [0.717, 1.165) is 15.7 Å². The van der Waals surface area contributed by atoms with Crippen molar-refractivity contribution in [3.8, 4) is 0 Å². The van der Waals surface area contributed by atoms with Crippen molar-refractivity contribution in [2.75, 3.05) is 5.32 Å². The van der Waals surface area contributed by atoms with Crippen LogP contribution in [0.3, 0.4) is 0 Å². The molecule has 0 bridgehead atoms. The molecule has 0 saturated carbocycles. The molecule has 1 N–H and O–H groups in total. The Morgan fingerprint density at radius 1 is 1.22 bits per heavy atom. The second kappa shape index (κ2) is 5.63. The van der Waals surface area contributed by atoms with Crippen LogP contribution in [0, 0.1) is 6.92 Å². The molecule has 1 heterocycles. The Morgan fingerprint density at radius 3 is 2.61 bits per heavy atom. The van der Waals surface area contributed by atoms with E-state index >= 15 is 0 Å². The van der Waals surface area contributed by atoms with Gasteiger partial charge in [-0.3, -0.25) is 4.79 Å². The van der Waals surface area contributed by atoms with Gasteiger partial charge in [-0.15, -0.1) is 0 Å². The highest BCUT2D eigenvalue weighted by atomic mass is 79.9. The summed E-state index contributed by atoms with van der Waals surface area (Å²) in [5, 5.41) is 2.83. The number of rotatable bonds is 2. The summed E-state index contributed by atoms with van der Waals surface area (Å²) in [5.74, 6) is -0.170. The lowest BCUT2D eigenvalue weighted by Gasteiger charge is -2.07. The number of nitrogens with one attached hydrogen (secondary N) is 1. The van der Waals surface area contributed by atoms with E-state index in [-0.39, 0.29) is 5.91 Å². The molecule has 1 amide bonds. The molecule has 2 aromatic rings. The van der Waals surface area contributed by atoms with Gasteiger partial charge >= 0.3 is 0 Å². The number of hydrogen-bond acceptors (Lipinski definition) is 2. The van der Waals surface area contributed by atoms with Gasteiger partial charge in [0, 0.05) is 16.4 Å². The molecule has 92 valence electrons. The number of benzene rings is 1. The minimum atomic E-state index is -0.170. The molecule has 18 heavy (non-hydrogen) atoms. The zero-order valence-electron chi connectivity index (χ0n) is 9.58. The maximum absolute atomic E-state index is 11.9. The number of pyridine rings is 1. The Hall–Kier alpha value is -1.20. The molecule has 0 spiro atoms. The molecule has 1 aromatic carbocycles. The van der Waals surface area contributed by atoms with Crippen molar-refractivity contribution < 1.29 is 4.79 Å². The number of aromatic nitrogens is 1. The molecule has 0 aliphatic rings. The van der Waals surface area contributed by atoms with Crippen LogP contribution in [0.5, 0.6) is 0 Å². The lowest BCUT2D eigenvalue weighted by atomic mass is 10.2. The average Bonchev–Trinajstić information content (AvgIpc) is 2.34. The van der Waals surface area contributed by atoms with Crippen molar-refractivity contribution in [1.82, 2.24) is 4.98 Å². The van der Waals surface area contributed by atoms with Gasteiger partial charge in [0.05, 0.1) is 5.56 Å². The topological polar surface area (TPSA) is 42.0 Å². The molecule has 0 unspecified atom stereocenters. The first-order valence-corrected chi connectivity index (χ1v) is 6.84. The average molecular weight is 370 g/mol. The van der Waals surface area contributed by atoms with Crippen LogP contribution < -0.4 is 5.32 Å². The molecule has 0 aliphatic heterocycles. The zero-order valence-corrected chi connectivity index (χ0v) is 12.7. The second-order valence-electron chi connectivity index (χ2n) is 3.79. The van der Waals surface area contributed by atoms with Crippen LogP contribution in [0.1, 0.15) is 15.9 Å². The van der Waals surface area contributed by atoms with E-state index in [9.17, 15) is 4.79 Å². The van der Waals surface area contributed by atoms with Gasteiger partial charge in [0.2, 0.25) is 0 Å². The van der Waals surface area contributed by atoms with Gasteiger partial charge in [-0.2, -0.15) is 0 Å². The van der Waals surface area contributed by atoms with Gasteiger partial charge in [-0.25, -0.2) is 4.98 Å². The van der Waals surface area contributed by atoms with E-state index in [2.05, 4.69) is 42.2 Å². The SMILES string of the molecule is Cc1cc(NC(=O)c2ccc(Br)nc2)ccc1Br. The van der Waals surface area contributed by atoms with Crippen LogP contribution >= 0.6 is 31.9 Å². The van der Waals surface area contributed by atoms with Gasteiger partial charge in [0.25, 0.3) is 5.91 Å². The molecular formula is C13H10Br2N2O. The summed E-state index contributed by atoms with van der Waals surface area (Å²) in [6.07, 6.45) is 1.53. The summed E-state index contributed by atoms with van der Waals surface area (Å²) in [4.78, 5) is 16.0. The molecule has 0 fully saturated rings. The number of carbonyl (C=O) groups excluding carboxylic acids is 1. The molecule has 5 heteroatoms. The van der Waals surface area contributed by atoms with Gasteiger partial charge in [0.15, 0.2) is 0 Å². The van der Waals surface area contributed by atoms with Crippen molar-refractivity contribution in [2.45, 2.75) is 6.92 Å². The molecule has 0 atom stereocenters. The number of anilines is 1. The Bertz CT molecular complexity index is 582. The summed E-state index contributed by atoms with van der Waals surface area (Å²) in [7, 11) is 0. The largest absolute Gasteiger partial charge is 0.322 e. The highest BCUT2D eigenvalue weighted by molar-refractivity contribution is 9.10. The molecule has 0 saturated heterocycles. The predicted octanol–water partition coefficient (Wildman–Crippen LogP) is 4.17. The first kappa shape index (κ1) is 13.2. The predicted molar refractivity (Wildman–Crippen MR) is 78.8 cm³/mol. The van der Waals surface area contributed by atoms with E-state index in [1.165, 1.54) is 6.20 Å². The minimum absolute atomic E-state index is 0.170. The van der Waals surface area contributed by atoms with E-state index < -0.39 is 0 Å². The number of carbonyl (C=O) groups is 1. The standard InChI is InChI=1S/C13H10Br2N2O/c1-8-6-10(3-4-11(8)14)17-13(18)9-2-5-12(15)16-7-9/h2-7H,1H3,(H,17,18). The summed E-state index contributed by atoms with van der Waals surface area (Å²) >= 11 is 6.65. The Morgan fingerprint density at radius 2 is 2.00 bits per heavy atom. The maximum atomic E-state index is 11.9. The fourth-order valence-electron chi connectivity index (χ4n) is 1.44. The third kappa shape index (κ3) is 3.17. The Kier molecular flexibility index (Phi) is 4.14. The quantitative estimate of drug-likeness (QED) is 0.807. The van der Waals surface area contributed by atoms with Gasteiger partial charge < -0.3 is 5.32 Å². The molecule has 3 nitrogen and oxygen atoms in total. The van der Waals surface area contributed by atoms with Crippen LogP contribution in [0.25, 0.3) is 0 Å². The van der Waals surface area contributed by atoms with Crippen molar-refractivity contribution in [1.29, 1.82) is 0 Å². The fraction of sp³-hybridized carbons (Fsp3) is 0.0769. The molecule has 2 rings (SSSR count). The van der Waals surface area contributed by atoms with E-state index in [1.54, 1.807) is 12.1 Å². The lowest BCUT2D eigenvalue weighted by molar-refractivity contribution is 0.102. The number of hydrogen-bond donors (Lipinski definition) is 1. The molecule has 0 aliphatic carbocycles. The minimum Gasteiger partial charge on any atom is -0.322 e. The lowest BCUT2D eigenvalue weighted by Crippen LogP contribution is -2.12. The zero-order chi connectivity index (χ0) is 13.1. The fourth-order valence-corrected chi connectivity index (χ4v) is 1.92. The van der Waals surface area contributed by atoms with Crippen LogP contribution in [0.15, 0.2) is 45.6 Å². The highest BCUT2D eigenvalue weighted by Gasteiger charge is 2.07. The summed E-state index contributed by atoms with van der Waals surface area (Å²) in [6, 6.07) is 9.13. The second-order valence-corrected chi connectivity index (χ2v) is 5.45. The third-order valence-corrected chi connectivity index (χ3v) is 3.76. The van der Waals surface area contributed by atoms with Crippen molar-refractivity contribution >= 4 is 43.5 Å². The normalized spacial score (nSPS) is 10.2. The molecular weight excluding hydrogens is 360 g/mol. The van der Waals surface area contributed by atoms with Crippen LogP contribution in [0.2, 0.25) is 0 Å². The van der Waals surface area contributed by atoms with Crippen molar-refractivity contribution in [2.24, 2.45) is 0 Å². The van der Waals surface area contributed by atoms with Crippen LogP contribution in [0.4, 0.5) is 5.69 Å². The highest BCUT2D eigenvalue weighted by Crippen LogP contribution is 2.20. The first-order valence-electron chi connectivity index (χ1n) is 5.25. The van der Waals surface area contributed by atoms with Crippen LogP contribution in [-0.2, 0) is 0 Å². The van der Waals surface area contributed by atoms with E-state index in [4.69, 9.17) is 0 Å². The number of nitrogens with zero attached hydrogens (tertiary/aromatic N) is 1. The summed E-state index contributed by atoms with van der Waals surface area (Å²) < 4.78 is 1.73. The Labute approximate surface area is 122 Å². The maximum Gasteiger partial charge on any atom is 0.257 e. The van der Waals surface area contributed by atoms with E-state index in [0.29, 0.717) is 10.2 Å². The Balaban J connectivity index is 2.16. The number of amides is 1. The number of aryl methyl sites for hydroxylation is 1. The monoisotopic (exact) mass is 368 g/mol. The van der Waals surface area contributed by atoms with Gasteiger partial charge in [0.1, 0.15) is 4.60 Å².